The molecule has 3 rings (SSSR count). The van der Waals surface area contributed by atoms with Gasteiger partial charge in [-0.2, -0.15) is 0 Å². The van der Waals surface area contributed by atoms with Crippen LogP contribution in [0, 0.1) is 10.1 Å². The lowest BCUT2D eigenvalue weighted by molar-refractivity contribution is -0.384. The molecule has 0 aromatic heterocycles. The molecule has 0 aliphatic rings. The van der Waals surface area contributed by atoms with Gasteiger partial charge in [-0.05, 0) is 60.2 Å². The van der Waals surface area contributed by atoms with Gasteiger partial charge < -0.3 is 10.1 Å². The van der Waals surface area contributed by atoms with E-state index in [1.54, 1.807) is 12.1 Å². The smallest absolute Gasteiger partial charge is 0.269 e. The predicted octanol–water partition coefficient (Wildman–Crippen LogP) is 6.20. The Morgan fingerprint density at radius 2 is 1.74 bits per heavy atom. The number of nitro benzene ring substituents is 1. The van der Waals surface area contributed by atoms with Crippen molar-refractivity contribution in [3.8, 4) is 5.75 Å². The van der Waals surface area contributed by atoms with Crippen molar-refractivity contribution in [2.45, 2.75) is 13.2 Å². The van der Waals surface area contributed by atoms with E-state index in [1.807, 2.05) is 42.5 Å². The van der Waals surface area contributed by atoms with E-state index in [1.165, 1.54) is 12.1 Å². The van der Waals surface area contributed by atoms with Crippen molar-refractivity contribution in [1.82, 2.24) is 0 Å². The Kier molecular flexibility index (Phi) is 6.32. The van der Waals surface area contributed by atoms with Gasteiger partial charge in [0.25, 0.3) is 5.69 Å². The monoisotopic (exact) mass is 446 g/mol. The molecule has 0 spiro atoms. The quantitative estimate of drug-likeness (QED) is 0.346. The van der Waals surface area contributed by atoms with Gasteiger partial charge in [-0.1, -0.05) is 27.5 Å². The normalized spacial score (nSPS) is 10.4. The van der Waals surface area contributed by atoms with Crippen LogP contribution in [0.4, 0.5) is 11.4 Å². The van der Waals surface area contributed by atoms with Crippen molar-refractivity contribution in [2.24, 2.45) is 0 Å². The molecule has 1 N–H and O–H groups in total. The number of benzene rings is 3. The number of hydrogen-bond donors (Lipinski definition) is 1. The molecule has 0 fully saturated rings. The summed E-state index contributed by atoms with van der Waals surface area (Å²) in [5.74, 6) is 0.748. The van der Waals surface area contributed by atoms with E-state index >= 15 is 0 Å². The Balaban J connectivity index is 1.67. The Morgan fingerprint density at radius 1 is 1.04 bits per heavy atom. The third kappa shape index (κ3) is 5.45. The van der Waals surface area contributed by atoms with E-state index < -0.39 is 4.92 Å². The van der Waals surface area contributed by atoms with Gasteiger partial charge in [0, 0.05) is 39.4 Å². The second-order valence-electron chi connectivity index (χ2n) is 5.82. The van der Waals surface area contributed by atoms with Gasteiger partial charge in [0.1, 0.15) is 12.4 Å². The van der Waals surface area contributed by atoms with Crippen LogP contribution >= 0.6 is 27.5 Å². The lowest BCUT2D eigenvalue weighted by Gasteiger charge is -2.14. The van der Waals surface area contributed by atoms with Crippen molar-refractivity contribution in [1.29, 1.82) is 0 Å². The van der Waals surface area contributed by atoms with E-state index in [4.69, 9.17) is 16.3 Å². The number of nitrogens with one attached hydrogen (secondary N) is 1. The zero-order valence-corrected chi connectivity index (χ0v) is 16.5. The largest absolute Gasteiger partial charge is 0.489 e. The molecule has 0 atom stereocenters. The maximum absolute atomic E-state index is 10.7. The third-order valence-corrected chi connectivity index (χ3v) is 4.64. The second kappa shape index (κ2) is 8.88. The summed E-state index contributed by atoms with van der Waals surface area (Å²) in [4.78, 5) is 10.3. The van der Waals surface area contributed by atoms with E-state index in [0.717, 1.165) is 27.0 Å². The van der Waals surface area contributed by atoms with Crippen LogP contribution in [-0.4, -0.2) is 4.92 Å². The van der Waals surface area contributed by atoms with Crippen LogP contribution in [-0.2, 0) is 13.2 Å². The summed E-state index contributed by atoms with van der Waals surface area (Å²) in [6.45, 7) is 0.907. The van der Waals surface area contributed by atoms with E-state index in [-0.39, 0.29) is 5.69 Å². The SMILES string of the molecule is O=[N+]([O-])c1ccc(COc2ccc(Br)cc2CNc2ccc(Cl)cc2)cc1. The lowest BCUT2D eigenvalue weighted by atomic mass is 10.2. The number of rotatable bonds is 7. The first-order chi connectivity index (χ1) is 13.0. The molecule has 0 heterocycles. The lowest BCUT2D eigenvalue weighted by Crippen LogP contribution is -2.04. The topological polar surface area (TPSA) is 64.4 Å². The van der Waals surface area contributed by atoms with Crippen molar-refractivity contribution >= 4 is 38.9 Å². The third-order valence-electron chi connectivity index (χ3n) is 3.89. The van der Waals surface area contributed by atoms with Crippen LogP contribution in [0.15, 0.2) is 71.2 Å². The highest BCUT2D eigenvalue weighted by Gasteiger charge is 2.08. The molecular weight excluding hydrogens is 432 g/mol. The van der Waals surface area contributed by atoms with Crippen LogP contribution in [0.1, 0.15) is 11.1 Å². The summed E-state index contributed by atoms with van der Waals surface area (Å²) in [6.07, 6.45) is 0. The second-order valence-corrected chi connectivity index (χ2v) is 7.18. The molecule has 0 radical (unpaired) electrons. The van der Waals surface area contributed by atoms with Crippen molar-refractivity contribution in [3.05, 3.63) is 97.5 Å². The summed E-state index contributed by atoms with van der Waals surface area (Å²) in [6, 6.07) is 19.6. The summed E-state index contributed by atoms with van der Waals surface area (Å²) >= 11 is 9.40. The fraction of sp³-hybridized carbons (Fsp3) is 0.100. The highest BCUT2D eigenvalue weighted by atomic mass is 79.9. The van der Waals surface area contributed by atoms with Gasteiger partial charge >= 0.3 is 0 Å². The van der Waals surface area contributed by atoms with Crippen molar-refractivity contribution in [3.63, 3.8) is 0 Å². The summed E-state index contributed by atoms with van der Waals surface area (Å²) in [7, 11) is 0. The minimum atomic E-state index is -0.417. The number of hydrogen-bond acceptors (Lipinski definition) is 4. The Bertz CT molecular complexity index is 931. The number of nitro groups is 1. The molecule has 7 heteroatoms. The first-order valence-electron chi connectivity index (χ1n) is 8.15. The van der Waals surface area contributed by atoms with Crippen LogP contribution < -0.4 is 10.1 Å². The zero-order chi connectivity index (χ0) is 19.2. The maximum Gasteiger partial charge on any atom is 0.269 e. The minimum Gasteiger partial charge on any atom is -0.489 e. The molecule has 0 unspecified atom stereocenters. The minimum absolute atomic E-state index is 0.0650. The van der Waals surface area contributed by atoms with Crippen LogP contribution in [0.5, 0.6) is 5.75 Å². The van der Waals surface area contributed by atoms with E-state index in [2.05, 4.69) is 21.2 Å². The van der Waals surface area contributed by atoms with E-state index in [0.29, 0.717) is 18.2 Å². The number of halogens is 2. The van der Waals surface area contributed by atoms with Crippen LogP contribution in [0.2, 0.25) is 5.02 Å². The van der Waals surface area contributed by atoms with Crippen molar-refractivity contribution in [2.75, 3.05) is 5.32 Å². The first kappa shape index (κ1) is 19.2. The van der Waals surface area contributed by atoms with Gasteiger partial charge in [0.05, 0.1) is 4.92 Å². The first-order valence-corrected chi connectivity index (χ1v) is 9.32. The molecule has 0 amide bonds. The Labute approximate surface area is 170 Å². The Hall–Kier alpha value is -2.57. The van der Waals surface area contributed by atoms with Gasteiger partial charge in [-0.15, -0.1) is 0 Å². The highest BCUT2D eigenvalue weighted by molar-refractivity contribution is 9.10. The average molecular weight is 448 g/mol. The highest BCUT2D eigenvalue weighted by Crippen LogP contribution is 2.26. The van der Waals surface area contributed by atoms with Gasteiger partial charge in [-0.3, -0.25) is 10.1 Å². The molecule has 0 bridgehead atoms. The van der Waals surface area contributed by atoms with Crippen LogP contribution in [0.25, 0.3) is 0 Å². The van der Waals surface area contributed by atoms with Gasteiger partial charge in [-0.25, -0.2) is 0 Å². The average Bonchev–Trinajstić information content (AvgIpc) is 2.67. The molecular formula is C20H16BrClN2O3. The fourth-order valence-corrected chi connectivity index (χ4v) is 3.00. The number of anilines is 1. The number of non-ortho nitro benzene ring substituents is 1. The molecule has 3 aromatic rings. The molecule has 0 saturated carbocycles. The summed E-state index contributed by atoms with van der Waals surface area (Å²) in [5, 5.41) is 14.8. The number of nitrogens with zero attached hydrogens (tertiary/aromatic N) is 1. The van der Waals surface area contributed by atoms with Gasteiger partial charge in [0.15, 0.2) is 0 Å². The molecule has 3 aromatic carbocycles. The number of ether oxygens (including phenoxy) is 1. The molecule has 27 heavy (non-hydrogen) atoms. The summed E-state index contributed by atoms with van der Waals surface area (Å²) < 4.78 is 6.89. The molecule has 5 nitrogen and oxygen atoms in total. The van der Waals surface area contributed by atoms with E-state index in [9.17, 15) is 10.1 Å². The zero-order valence-electron chi connectivity index (χ0n) is 14.2. The summed E-state index contributed by atoms with van der Waals surface area (Å²) in [5.41, 5.74) is 2.87. The fourth-order valence-electron chi connectivity index (χ4n) is 2.47. The molecule has 138 valence electrons. The molecule has 0 aliphatic carbocycles. The Morgan fingerprint density at radius 3 is 2.41 bits per heavy atom. The molecule has 0 aliphatic heterocycles. The van der Waals surface area contributed by atoms with Gasteiger partial charge in [0.2, 0.25) is 0 Å². The molecule has 0 saturated heterocycles. The predicted molar refractivity (Wildman–Crippen MR) is 110 cm³/mol. The van der Waals surface area contributed by atoms with Crippen LogP contribution in [0.3, 0.4) is 0 Å². The maximum atomic E-state index is 10.7. The van der Waals surface area contributed by atoms with Crippen molar-refractivity contribution < 1.29 is 9.66 Å². The standard InChI is InChI=1S/C20H16BrClN2O3/c21-16-3-10-20(27-13-14-1-8-19(9-2-14)24(25)26)15(11-16)12-23-18-6-4-17(22)5-7-18/h1-11,23H,12-13H2.